The van der Waals surface area contributed by atoms with Crippen molar-refractivity contribution in [3.63, 3.8) is 0 Å². The van der Waals surface area contributed by atoms with Crippen LogP contribution in [0.5, 0.6) is 0 Å². The third-order valence-corrected chi connectivity index (χ3v) is 10.6. The molecule has 0 saturated carbocycles. The first-order chi connectivity index (χ1) is 24.8. The molecule has 4 nitrogen and oxygen atoms in total. The predicted octanol–water partition coefficient (Wildman–Crippen LogP) is 12.0. The first-order valence-electron chi connectivity index (χ1n) is 16.7. The third kappa shape index (κ3) is 4.79. The normalized spacial score (nSPS) is 11.6. The summed E-state index contributed by atoms with van der Waals surface area (Å²) in [5.41, 5.74) is 8.91. The highest BCUT2D eigenvalue weighted by Gasteiger charge is 2.16. The lowest BCUT2D eigenvalue weighted by Crippen LogP contribution is -2.00. The maximum atomic E-state index is 4.97. The molecule has 10 aromatic rings. The third-order valence-electron chi connectivity index (χ3n) is 9.45. The Hall–Kier alpha value is -6.43. The molecule has 5 heteroatoms. The van der Waals surface area contributed by atoms with Crippen LogP contribution in [0.1, 0.15) is 0 Å². The van der Waals surface area contributed by atoms with E-state index in [1.54, 1.807) is 0 Å². The summed E-state index contributed by atoms with van der Waals surface area (Å²) in [6.07, 6.45) is 0. The first-order valence-corrected chi connectivity index (χ1v) is 17.5. The number of benzene rings is 7. The molecule has 50 heavy (non-hydrogen) atoms. The Kier molecular flexibility index (Phi) is 6.64. The SMILES string of the molecule is c1ccc(-c2nc(-c3ccccc3)nc(-c3ccc4sc5cc(-c6ccc7c(c6)c6ccccc6n7-c6ccccc6)ccc5c4c3)n2)cc1. The average molecular weight is 657 g/mol. The van der Waals surface area contributed by atoms with Gasteiger partial charge in [-0.2, -0.15) is 0 Å². The predicted molar refractivity (Wildman–Crippen MR) is 209 cm³/mol. The molecule has 0 bridgehead atoms. The fraction of sp³-hybridized carbons (Fsp3) is 0. The van der Waals surface area contributed by atoms with Crippen molar-refractivity contribution >= 4 is 53.3 Å². The molecule has 0 aliphatic rings. The molecule has 0 saturated heterocycles. The van der Waals surface area contributed by atoms with Crippen LogP contribution in [-0.2, 0) is 0 Å². The van der Waals surface area contributed by atoms with Crippen LogP contribution in [0.4, 0.5) is 0 Å². The van der Waals surface area contributed by atoms with Crippen LogP contribution in [0, 0.1) is 0 Å². The summed E-state index contributed by atoms with van der Waals surface area (Å²) in [4.78, 5) is 14.8. The van der Waals surface area contributed by atoms with Crippen molar-refractivity contribution < 1.29 is 0 Å². The zero-order valence-corrected chi connectivity index (χ0v) is 27.7. The molecule has 0 spiro atoms. The number of rotatable bonds is 5. The lowest BCUT2D eigenvalue weighted by molar-refractivity contribution is 1.07. The highest BCUT2D eigenvalue weighted by atomic mass is 32.1. The molecule has 10 rings (SSSR count). The molecule has 0 unspecified atom stereocenters. The van der Waals surface area contributed by atoms with Gasteiger partial charge in [-0.25, -0.2) is 15.0 Å². The van der Waals surface area contributed by atoms with Crippen molar-refractivity contribution in [1.29, 1.82) is 0 Å². The largest absolute Gasteiger partial charge is 0.309 e. The van der Waals surface area contributed by atoms with Gasteiger partial charge in [0.25, 0.3) is 0 Å². The number of hydrogen-bond acceptors (Lipinski definition) is 4. The highest BCUT2D eigenvalue weighted by molar-refractivity contribution is 7.25. The Labute approximate surface area is 292 Å². The van der Waals surface area contributed by atoms with Crippen LogP contribution in [0.25, 0.3) is 93.0 Å². The van der Waals surface area contributed by atoms with Gasteiger partial charge in [0.15, 0.2) is 17.5 Å². The van der Waals surface area contributed by atoms with Gasteiger partial charge in [-0.1, -0.05) is 115 Å². The van der Waals surface area contributed by atoms with E-state index >= 15 is 0 Å². The standard InChI is InChI=1S/C45H28N4S/c1-4-12-29(13-5-1)43-46-44(30-14-6-2-7-15-30)48-45(47-43)33-22-25-41-38(27-33)36-23-20-32(28-42(36)50-41)31-21-24-40-37(26-31)35-18-10-11-19-39(35)49(40)34-16-8-3-9-17-34/h1-28H. The second kappa shape index (κ2) is 11.6. The maximum Gasteiger partial charge on any atom is 0.164 e. The molecule has 0 amide bonds. The second-order valence-corrected chi connectivity index (χ2v) is 13.6. The summed E-state index contributed by atoms with van der Waals surface area (Å²) in [7, 11) is 0. The summed E-state index contributed by atoms with van der Waals surface area (Å²) < 4.78 is 4.86. The second-order valence-electron chi connectivity index (χ2n) is 12.5. The first kappa shape index (κ1) is 28.6. The van der Waals surface area contributed by atoms with Crippen molar-refractivity contribution in [3.8, 4) is 51.0 Å². The van der Waals surface area contributed by atoms with Crippen LogP contribution in [-0.4, -0.2) is 19.5 Å². The summed E-state index contributed by atoms with van der Waals surface area (Å²) in [5.74, 6) is 2.00. The Morgan fingerprint density at radius 1 is 0.340 bits per heavy atom. The maximum absolute atomic E-state index is 4.97. The number of para-hydroxylation sites is 2. The van der Waals surface area contributed by atoms with Crippen molar-refractivity contribution in [3.05, 3.63) is 170 Å². The summed E-state index contributed by atoms with van der Waals surface area (Å²) in [5, 5.41) is 4.95. The average Bonchev–Trinajstić information content (AvgIpc) is 3.73. The van der Waals surface area contributed by atoms with Gasteiger partial charge >= 0.3 is 0 Å². The molecule has 0 atom stereocenters. The van der Waals surface area contributed by atoms with E-state index in [-0.39, 0.29) is 0 Å². The summed E-state index contributed by atoms with van der Waals surface area (Å²) in [6.45, 7) is 0. The van der Waals surface area contributed by atoms with Gasteiger partial charge in [0.05, 0.1) is 11.0 Å². The fourth-order valence-electron chi connectivity index (χ4n) is 7.04. The van der Waals surface area contributed by atoms with E-state index < -0.39 is 0 Å². The summed E-state index contributed by atoms with van der Waals surface area (Å²) in [6, 6.07) is 59.8. The zero-order valence-electron chi connectivity index (χ0n) is 26.9. The molecule has 0 aliphatic heterocycles. The smallest absolute Gasteiger partial charge is 0.164 e. The highest BCUT2D eigenvalue weighted by Crippen LogP contribution is 2.40. The molecule has 234 valence electrons. The van der Waals surface area contributed by atoms with Crippen molar-refractivity contribution in [2.24, 2.45) is 0 Å². The van der Waals surface area contributed by atoms with Crippen molar-refractivity contribution in [2.45, 2.75) is 0 Å². The Morgan fingerprint density at radius 3 is 1.60 bits per heavy atom. The number of fused-ring (bicyclic) bond motifs is 6. The fourth-order valence-corrected chi connectivity index (χ4v) is 8.17. The summed E-state index contributed by atoms with van der Waals surface area (Å²) >= 11 is 1.82. The van der Waals surface area contributed by atoms with Crippen molar-refractivity contribution in [1.82, 2.24) is 19.5 Å². The van der Waals surface area contributed by atoms with E-state index in [4.69, 9.17) is 15.0 Å². The van der Waals surface area contributed by atoms with Gasteiger partial charge < -0.3 is 4.57 Å². The molecule has 7 aromatic carbocycles. The van der Waals surface area contributed by atoms with E-state index in [2.05, 4.69) is 114 Å². The van der Waals surface area contributed by atoms with Gasteiger partial charge in [-0.3, -0.25) is 0 Å². The van der Waals surface area contributed by atoms with E-state index in [1.165, 1.54) is 58.8 Å². The van der Waals surface area contributed by atoms with E-state index in [9.17, 15) is 0 Å². The topological polar surface area (TPSA) is 43.6 Å². The van der Waals surface area contributed by atoms with Gasteiger partial charge in [0, 0.05) is 53.3 Å². The van der Waals surface area contributed by atoms with Crippen LogP contribution in [0.2, 0.25) is 0 Å². The quantitative estimate of drug-likeness (QED) is 0.185. The number of hydrogen-bond donors (Lipinski definition) is 0. The van der Waals surface area contributed by atoms with E-state index in [0.717, 1.165) is 16.7 Å². The van der Waals surface area contributed by atoms with Crippen LogP contribution >= 0.6 is 11.3 Å². The molecule has 0 aliphatic carbocycles. The van der Waals surface area contributed by atoms with Crippen LogP contribution in [0.3, 0.4) is 0 Å². The monoisotopic (exact) mass is 656 g/mol. The minimum absolute atomic E-state index is 0.665. The molecule has 0 fully saturated rings. The van der Waals surface area contributed by atoms with E-state index in [0.29, 0.717) is 17.5 Å². The molecular formula is C45H28N4S. The lowest BCUT2D eigenvalue weighted by atomic mass is 10.0. The lowest BCUT2D eigenvalue weighted by Gasteiger charge is -2.08. The zero-order chi connectivity index (χ0) is 33.0. The van der Waals surface area contributed by atoms with Crippen LogP contribution in [0.15, 0.2) is 170 Å². The number of thiophene rings is 1. The molecule has 3 aromatic heterocycles. The van der Waals surface area contributed by atoms with Crippen molar-refractivity contribution in [2.75, 3.05) is 0 Å². The number of aromatic nitrogens is 4. The molecule has 0 radical (unpaired) electrons. The molecule has 3 heterocycles. The van der Waals surface area contributed by atoms with Gasteiger partial charge in [0.1, 0.15) is 0 Å². The minimum atomic E-state index is 0.665. The minimum Gasteiger partial charge on any atom is -0.309 e. The van der Waals surface area contributed by atoms with Crippen LogP contribution < -0.4 is 0 Å². The Bertz CT molecular complexity index is 2800. The van der Waals surface area contributed by atoms with E-state index in [1.807, 2.05) is 72.0 Å². The molecular weight excluding hydrogens is 629 g/mol. The Morgan fingerprint density at radius 2 is 0.880 bits per heavy atom. The Balaban J connectivity index is 1.08. The number of nitrogens with zero attached hydrogens (tertiary/aromatic N) is 4. The van der Waals surface area contributed by atoms with Gasteiger partial charge in [-0.05, 0) is 65.7 Å². The van der Waals surface area contributed by atoms with Gasteiger partial charge in [-0.15, -0.1) is 11.3 Å². The van der Waals surface area contributed by atoms with Gasteiger partial charge in [0.2, 0.25) is 0 Å². The molecule has 0 N–H and O–H groups in total.